The first-order valence-corrected chi connectivity index (χ1v) is 12.7. The van der Waals surface area contributed by atoms with Crippen LogP contribution in [0.3, 0.4) is 0 Å². The summed E-state index contributed by atoms with van der Waals surface area (Å²) in [5.74, 6) is 2.68. The quantitative estimate of drug-likeness (QED) is 0.590. The van der Waals surface area contributed by atoms with Crippen LogP contribution in [0.15, 0.2) is 18.2 Å². The number of hydrogen-bond donors (Lipinski definition) is 2. The van der Waals surface area contributed by atoms with Crippen LogP contribution >= 0.6 is 23.2 Å². The first-order valence-electron chi connectivity index (χ1n) is 11.9. The largest absolute Gasteiger partial charge is 0.349 e. The number of aromatic amines is 1. The number of benzene rings is 1. The van der Waals surface area contributed by atoms with Crippen molar-refractivity contribution in [2.45, 2.75) is 57.0 Å². The first-order chi connectivity index (χ1) is 16.4. The number of hydrogen-bond acceptors (Lipinski definition) is 3. The van der Waals surface area contributed by atoms with Crippen molar-refractivity contribution in [1.82, 2.24) is 15.2 Å². The second kappa shape index (κ2) is 9.28. The van der Waals surface area contributed by atoms with Gasteiger partial charge in [0.25, 0.3) is 5.91 Å². The predicted molar refractivity (Wildman–Crippen MR) is 132 cm³/mol. The van der Waals surface area contributed by atoms with E-state index < -0.39 is 12.1 Å². The molecule has 34 heavy (non-hydrogen) atoms. The van der Waals surface area contributed by atoms with Crippen LogP contribution in [-0.2, 0) is 9.59 Å². The summed E-state index contributed by atoms with van der Waals surface area (Å²) in [6.07, 6.45) is 11.4. The number of carbonyl (C=O) groups excluding carboxylic acids is 3. The molecular formula is C26H27Cl2N3O3. The Morgan fingerprint density at radius 1 is 1.21 bits per heavy atom. The molecular weight excluding hydrogens is 473 g/mol. The van der Waals surface area contributed by atoms with Gasteiger partial charge in [-0.15, -0.1) is 6.42 Å². The molecule has 3 aliphatic rings. The fourth-order valence-electron chi connectivity index (χ4n) is 6.12. The number of nitrogens with zero attached hydrogens (tertiary/aromatic N) is 1. The number of fused-ring (bicyclic) bond motifs is 2. The molecule has 0 bridgehead atoms. The Morgan fingerprint density at radius 3 is 2.71 bits per heavy atom. The van der Waals surface area contributed by atoms with Crippen LogP contribution in [0.2, 0.25) is 10.0 Å². The standard InChI is InChI=1S/C26H27Cl2N3O3/c1-2-16(11-14-5-4-8-22(14)32)29-25(33)24-17-7-3-6-15(17)13-31(24)26(34)21-12-18-19(27)9-10-20(28)23(18)30-21/h1,9-10,12,14-17,24,30H,3-8,11,13H2,(H,29,33)/t14-,15-,16+,17-,24-/m0/s1. The molecule has 2 N–H and O–H groups in total. The molecule has 2 aliphatic carbocycles. The number of terminal acetylenes is 1. The van der Waals surface area contributed by atoms with Crippen molar-refractivity contribution in [1.29, 1.82) is 0 Å². The third kappa shape index (κ3) is 4.10. The Labute approximate surface area is 208 Å². The third-order valence-electron chi connectivity index (χ3n) is 7.81. The van der Waals surface area contributed by atoms with E-state index >= 15 is 0 Å². The average Bonchev–Trinajstić information content (AvgIpc) is 3.59. The number of ketones is 1. The average molecular weight is 500 g/mol. The zero-order chi connectivity index (χ0) is 24.0. The van der Waals surface area contributed by atoms with Gasteiger partial charge in [0.05, 0.1) is 21.6 Å². The van der Waals surface area contributed by atoms with E-state index in [-0.39, 0.29) is 35.4 Å². The molecule has 8 heteroatoms. The minimum Gasteiger partial charge on any atom is -0.349 e. The Kier molecular flexibility index (Phi) is 6.35. The highest BCUT2D eigenvalue weighted by Gasteiger charge is 2.50. The molecule has 1 aliphatic heterocycles. The van der Waals surface area contributed by atoms with E-state index in [9.17, 15) is 14.4 Å². The Morgan fingerprint density at radius 2 is 2.00 bits per heavy atom. The summed E-state index contributed by atoms with van der Waals surface area (Å²) >= 11 is 12.6. The van der Waals surface area contributed by atoms with E-state index in [2.05, 4.69) is 16.2 Å². The van der Waals surface area contributed by atoms with Crippen molar-refractivity contribution in [3.63, 3.8) is 0 Å². The van der Waals surface area contributed by atoms with Gasteiger partial charge in [-0.1, -0.05) is 35.5 Å². The first kappa shape index (κ1) is 23.3. The molecule has 0 unspecified atom stereocenters. The molecule has 1 aromatic carbocycles. The van der Waals surface area contributed by atoms with Crippen LogP contribution in [0.4, 0.5) is 0 Å². The molecule has 6 nitrogen and oxygen atoms in total. The summed E-state index contributed by atoms with van der Waals surface area (Å²) in [6, 6.07) is 3.96. The summed E-state index contributed by atoms with van der Waals surface area (Å²) in [7, 11) is 0. The van der Waals surface area contributed by atoms with Crippen molar-refractivity contribution < 1.29 is 14.4 Å². The van der Waals surface area contributed by atoms with Crippen molar-refractivity contribution in [3.05, 3.63) is 33.9 Å². The van der Waals surface area contributed by atoms with Gasteiger partial charge < -0.3 is 15.2 Å². The van der Waals surface area contributed by atoms with Crippen LogP contribution in [0.25, 0.3) is 10.9 Å². The molecule has 0 spiro atoms. The number of Topliss-reactive ketones (excluding diaryl/α,β-unsaturated/α-hetero) is 1. The normalized spacial score (nSPS) is 27.1. The van der Waals surface area contributed by atoms with Gasteiger partial charge in [-0.25, -0.2) is 0 Å². The lowest BCUT2D eigenvalue weighted by atomic mass is 9.92. The van der Waals surface area contributed by atoms with Crippen LogP contribution in [0, 0.1) is 30.1 Å². The van der Waals surface area contributed by atoms with E-state index in [1.807, 2.05) is 0 Å². The molecule has 3 fully saturated rings. The number of H-pyrrole nitrogens is 1. The molecule has 2 aromatic rings. The van der Waals surface area contributed by atoms with Gasteiger partial charge >= 0.3 is 0 Å². The van der Waals surface area contributed by atoms with E-state index in [0.29, 0.717) is 46.0 Å². The molecule has 5 rings (SSSR count). The van der Waals surface area contributed by atoms with Crippen molar-refractivity contribution in [2.75, 3.05) is 6.54 Å². The number of likely N-dealkylation sites (tertiary alicyclic amines) is 1. The monoisotopic (exact) mass is 499 g/mol. The van der Waals surface area contributed by atoms with Gasteiger partial charge in [-0.05, 0) is 62.1 Å². The van der Waals surface area contributed by atoms with Crippen molar-refractivity contribution in [3.8, 4) is 12.3 Å². The summed E-state index contributed by atoms with van der Waals surface area (Å²) in [5.41, 5.74) is 0.958. The molecule has 2 amide bonds. The molecule has 2 saturated carbocycles. The summed E-state index contributed by atoms with van der Waals surface area (Å²) in [5, 5.41) is 4.63. The van der Waals surface area contributed by atoms with Gasteiger partial charge in [-0.2, -0.15) is 0 Å². The van der Waals surface area contributed by atoms with Gasteiger partial charge in [-0.3, -0.25) is 14.4 Å². The van der Waals surface area contributed by atoms with E-state index in [1.165, 1.54) is 0 Å². The zero-order valence-electron chi connectivity index (χ0n) is 18.8. The Hall–Kier alpha value is -2.49. The molecule has 2 heterocycles. The van der Waals surface area contributed by atoms with E-state index in [0.717, 1.165) is 32.1 Å². The van der Waals surface area contributed by atoms with Crippen LogP contribution in [-0.4, -0.2) is 46.1 Å². The van der Waals surface area contributed by atoms with Crippen LogP contribution < -0.4 is 5.32 Å². The lowest BCUT2D eigenvalue weighted by Crippen LogP contribution is -2.51. The number of amides is 2. The van der Waals surface area contributed by atoms with Gasteiger partial charge in [0.1, 0.15) is 17.5 Å². The fourth-order valence-corrected chi connectivity index (χ4v) is 6.54. The molecule has 1 saturated heterocycles. The summed E-state index contributed by atoms with van der Waals surface area (Å²) in [6.45, 7) is 0.528. The highest BCUT2D eigenvalue weighted by Crippen LogP contribution is 2.43. The van der Waals surface area contributed by atoms with Gasteiger partial charge in [0, 0.05) is 24.3 Å². The maximum Gasteiger partial charge on any atom is 0.271 e. The second-order valence-electron chi connectivity index (χ2n) is 9.78. The Balaban J connectivity index is 1.38. The van der Waals surface area contributed by atoms with Crippen LogP contribution in [0.1, 0.15) is 55.4 Å². The van der Waals surface area contributed by atoms with Crippen molar-refractivity contribution in [2.24, 2.45) is 17.8 Å². The SMILES string of the molecule is C#C[C@H](C[C@@H]1CCCC1=O)NC(=O)[C@@H]1[C@H]2CCC[C@H]2CN1C(=O)c1cc2c(Cl)ccc(Cl)c2[nH]1. The minimum atomic E-state index is -0.590. The lowest BCUT2D eigenvalue weighted by molar-refractivity contribution is -0.127. The third-order valence-corrected chi connectivity index (χ3v) is 8.45. The van der Waals surface area contributed by atoms with Crippen LogP contribution in [0.5, 0.6) is 0 Å². The maximum absolute atomic E-state index is 13.6. The predicted octanol–water partition coefficient (Wildman–Crippen LogP) is 4.59. The minimum absolute atomic E-state index is 0.0947. The number of carbonyl (C=O) groups is 3. The molecule has 0 radical (unpaired) electrons. The smallest absolute Gasteiger partial charge is 0.271 e. The number of rotatable bonds is 5. The van der Waals surface area contributed by atoms with E-state index in [1.54, 1.807) is 23.1 Å². The summed E-state index contributed by atoms with van der Waals surface area (Å²) in [4.78, 5) is 44.0. The zero-order valence-corrected chi connectivity index (χ0v) is 20.3. The highest BCUT2D eigenvalue weighted by atomic mass is 35.5. The number of nitrogens with one attached hydrogen (secondary N) is 2. The van der Waals surface area contributed by atoms with E-state index in [4.69, 9.17) is 29.6 Å². The fraction of sp³-hybridized carbons (Fsp3) is 0.500. The van der Waals surface area contributed by atoms with Crippen molar-refractivity contribution >= 4 is 51.7 Å². The Bertz CT molecular complexity index is 1160. The number of halogens is 2. The lowest BCUT2D eigenvalue weighted by Gasteiger charge is -2.28. The second-order valence-corrected chi connectivity index (χ2v) is 10.6. The number of aromatic nitrogens is 1. The highest BCUT2D eigenvalue weighted by molar-refractivity contribution is 6.40. The molecule has 5 atom stereocenters. The maximum atomic E-state index is 13.6. The summed E-state index contributed by atoms with van der Waals surface area (Å²) < 4.78 is 0. The molecule has 178 valence electrons. The topological polar surface area (TPSA) is 82.3 Å². The van der Waals surface area contributed by atoms with Gasteiger partial charge in [0.15, 0.2) is 0 Å². The molecule has 1 aromatic heterocycles. The van der Waals surface area contributed by atoms with Gasteiger partial charge in [0.2, 0.25) is 5.91 Å².